The first-order valence-electron chi connectivity index (χ1n) is 4.77. The van der Waals surface area contributed by atoms with E-state index in [2.05, 4.69) is 20.9 Å². The Kier molecular flexibility index (Phi) is 3.41. The molecule has 2 aromatic rings. The summed E-state index contributed by atoms with van der Waals surface area (Å²) in [6.07, 6.45) is 1.69. The molecule has 0 radical (unpaired) electrons. The number of hydrogen-bond donors (Lipinski definition) is 1. The zero-order chi connectivity index (χ0) is 11.4. The van der Waals surface area contributed by atoms with Gasteiger partial charge in [-0.15, -0.1) is 0 Å². The molecular weight excluding hydrogens is 270 g/mol. The van der Waals surface area contributed by atoms with Crippen molar-refractivity contribution in [2.24, 2.45) is 0 Å². The molecule has 16 heavy (non-hydrogen) atoms. The molecule has 0 atom stereocenters. The number of halogens is 1. The first-order valence-corrected chi connectivity index (χ1v) is 5.56. The van der Waals surface area contributed by atoms with E-state index in [1.54, 1.807) is 24.4 Å². The van der Waals surface area contributed by atoms with Crippen molar-refractivity contribution in [2.75, 3.05) is 0 Å². The van der Waals surface area contributed by atoms with Crippen molar-refractivity contribution >= 4 is 15.9 Å². The third kappa shape index (κ3) is 2.73. The second-order valence-electron chi connectivity index (χ2n) is 3.25. The number of ether oxygens (including phenoxy) is 1. The fourth-order valence-electron chi connectivity index (χ4n) is 1.29. The Balaban J connectivity index is 2.05. The van der Waals surface area contributed by atoms with Gasteiger partial charge in [0.25, 0.3) is 0 Å². The summed E-state index contributed by atoms with van der Waals surface area (Å²) in [5.41, 5.74) is 0.913. The van der Waals surface area contributed by atoms with Crippen LogP contribution in [-0.4, -0.2) is 10.1 Å². The van der Waals surface area contributed by atoms with E-state index in [0.29, 0.717) is 17.0 Å². The van der Waals surface area contributed by atoms with E-state index in [1.807, 2.05) is 18.2 Å². The average Bonchev–Trinajstić information content (AvgIpc) is 2.28. The van der Waals surface area contributed by atoms with E-state index in [1.165, 1.54) is 0 Å². The van der Waals surface area contributed by atoms with Crippen LogP contribution in [0.1, 0.15) is 5.56 Å². The SMILES string of the molecule is Oc1cccc(COc2cccnc2Br)c1. The summed E-state index contributed by atoms with van der Waals surface area (Å²) in [7, 11) is 0. The molecule has 82 valence electrons. The van der Waals surface area contributed by atoms with Gasteiger partial charge in [-0.3, -0.25) is 0 Å². The lowest BCUT2D eigenvalue weighted by atomic mass is 10.2. The Morgan fingerprint density at radius 3 is 2.88 bits per heavy atom. The molecule has 0 amide bonds. The van der Waals surface area contributed by atoms with Crippen LogP contribution in [0.2, 0.25) is 0 Å². The number of phenols is 1. The molecule has 0 aliphatic rings. The van der Waals surface area contributed by atoms with Crippen LogP contribution in [0.3, 0.4) is 0 Å². The van der Waals surface area contributed by atoms with Gasteiger partial charge in [-0.2, -0.15) is 0 Å². The smallest absolute Gasteiger partial charge is 0.152 e. The van der Waals surface area contributed by atoms with Crippen LogP contribution in [0.25, 0.3) is 0 Å². The van der Waals surface area contributed by atoms with E-state index in [0.717, 1.165) is 5.56 Å². The van der Waals surface area contributed by atoms with Crippen LogP contribution < -0.4 is 4.74 Å². The molecule has 1 aromatic heterocycles. The Morgan fingerprint density at radius 1 is 1.25 bits per heavy atom. The summed E-state index contributed by atoms with van der Waals surface area (Å²) in [6.45, 7) is 0.401. The molecule has 1 aromatic carbocycles. The molecule has 0 fully saturated rings. The third-order valence-electron chi connectivity index (χ3n) is 2.03. The zero-order valence-corrected chi connectivity index (χ0v) is 10.0. The Hall–Kier alpha value is -1.55. The van der Waals surface area contributed by atoms with E-state index < -0.39 is 0 Å². The average molecular weight is 280 g/mol. The summed E-state index contributed by atoms with van der Waals surface area (Å²) >= 11 is 3.30. The fourth-order valence-corrected chi connectivity index (χ4v) is 1.65. The number of phenolic OH excluding ortho intramolecular Hbond substituents is 1. The monoisotopic (exact) mass is 279 g/mol. The summed E-state index contributed by atoms with van der Waals surface area (Å²) in [5, 5.41) is 9.29. The maximum Gasteiger partial charge on any atom is 0.152 e. The third-order valence-corrected chi connectivity index (χ3v) is 2.63. The van der Waals surface area contributed by atoms with Crippen LogP contribution >= 0.6 is 15.9 Å². The highest BCUT2D eigenvalue weighted by Gasteiger charge is 2.01. The van der Waals surface area contributed by atoms with Gasteiger partial charge in [-0.05, 0) is 45.8 Å². The van der Waals surface area contributed by atoms with E-state index in [9.17, 15) is 5.11 Å². The fraction of sp³-hybridized carbons (Fsp3) is 0.0833. The van der Waals surface area contributed by atoms with Crippen LogP contribution in [0.5, 0.6) is 11.5 Å². The van der Waals surface area contributed by atoms with E-state index in [4.69, 9.17) is 4.74 Å². The molecule has 0 saturated carbocycles. The van der Waals surface area contributed by atoms with Crippen LogP contribution in [0.15, 0.2) is 47.2 Å². The van der Waals surface area contributed by atoms with Gasteiger partial charge >= 0.3 is 0 Å². The van der Waals surface area contributed by atoms with Gasteiger partial charge in [-0.1, -0.05) is 12.1 Å². The number of aromatic nitrogens is 1. The molecule has 0 saturated heterocycles. The van der Waals surface area contributed by atoms with Crippen molar-refractivity contribution in [2.45, 2.75) is 6.61 Å². The summed E-state index contributed by atoms with van der Waals surface area (Å²) in [5.74, 6) is 0.928. The Labute approximate surface area is 102 Å². The van der Waals surface area contributed by atoms with Crippen molar-refractivity contribution in [3.05, 3.63) is 52.8 Å². The van der Waals surface area contributed by atoms with Crippen molar-refractivity contribution in [1.82, 2.24) is 4.98 Å². The van der Waals surface area contributed by atoms with Crippen LogP contribution in [-0.2, 0) is 6.61 Å². The van der Waals surface area contributed by atoms with Gasteiger partial charge in [0.1, 0.15) is 17.0 Å². The van der Waals surface area contributed by atoms with Crippen molar-refractivity contribution < 1.29 is 9.84 Å². The minimum atomic E-state index is 0.242. The highest BCUT2D eigenvalue weighted by atomic mass is 79.9. The van der Waals surface area contributed by atoms with Crippen molar-refractivity contribution in [3.63, 3.8) is 0 Å². The second-order valence-corrected chi connectivity index (χ2v) is 4.00. The summed E-state index contributed by atoms with van der Waals surface area (Å²) in [4.78, 5) is 4.05. The van der Waals surface area contributed by atoms with Gasteiger partial charge < -0.3 is 9.84 Å². The largest absolute Gasteiger partial charge is 0.508 e. The van der Waals surface area contributed by atoms with Gasteiger partial charge in [-0.25, -0.2) is 4.98 Å². The lowest BCUT2D eigenvalue weighted by molar-refractivity contribution is 0.302. The standard InChI is InChI=1S/C12H10BrNO2/c13-12-11(5-2-6-14-12)16-8-9-3-1-4-10(15)7-9/h1-7,15H,8H2. The maximum absolute atomic E-state index is 9.29. The number of nitrogens with zero attached hydrogens (tertiary/aromatic N) is 1. The Bertz CT molecular complexity index is 488. The number of rotatable bonds is 3. The van der Waals surface area contributed by atoms with Crippen LogP contribution in [0.4, 0.5) is 0 Å². The topological polar surface area (TPSA) is 42.4 Å². The second kappa shape index (κ2) is 4.99. The zero-order valence-electron chi connectivity index (χ0n) is 8.43. The first kappa shape index (κ1) is 11.0. The molecule has 2 rings (SSSR count). The quantitative estimate of drug-likeness (QED) is 0.878. The van der Waals surface area contributed by atoms with Gasteiger partial charge in [0, 0.05) is 6.20 Å². The minimum Gasteiger partial charge on any atom is -0.508 e. The van der Waals surface area contributed by atoms with Gasteiger partial charge in [0.05, 0.1) is 0 Å². The molecule has 4 heteroatoms. The molecule has 1 heterocycles. The first-order chi connectivity index (χ1) is 7.75. The molecule has 0 spiro atoms. The van der Waals surface area contributed by atoms with Gasteiger partial charge in [0.2, 0.25) is 0 Å². The molecule has 0 aliphatic carbocycles. The van der Waals surface area contributed by atoms with E-state index in [-0.39, 0.29) is 5.75 Å². The Morgan fingerprint density at radius 2 is 2.12 bits per heavy atom. The van der Waals surface area contributed by atoms with Crippen molar-refractivity contribution in [1.29, 1.82) is 0 Å². The highest BCUT2D eigenvalue weighted by Crippen LogP contribution is 2.22. The predicted molar refractivity (Wildman–Crippen MR) is 64.4 cm³/mol. The molecule has 0 aliphatic heterocycles. The summed E-state index contributed by atoms with van der Waals surface area (Å²) in [6, 6.07) is 10.6. The van der Waals surface area contributed by atoms with Crippen molar-refractivity contribution in [3.8, 4) is 11.5 Å². The highest BCUT2D eigenvalue weighted by molar-refractivity contribution is 9.10. The molecule has 1 N–H and O–H groups in total. The number of benzene rings is 1. The maximum atomic E-state index is 9.29. The predicted octanol–water partition coefficient (Wildman–Crippen LogP) is 3.13. The molecule has 0 unspecified atom stereocenters. The number of aromatic hydroxyl groups is 1. The van der Waals surface area contributed by atoms with E-state index >= 15 is 0 Å². The lowest BCUT2D eigenvalue weighted by Gasteiger charge is -2.07. The van der Waals surface area contributed by atoms with Gasteiger partial charge in [0.15, 0.2) is 5.75 Å². The molecule has 3 nitrogen and oxygen atoms in total. The molecule has 0 bridgehead atoms. The normalized spacial score (nSPS) is 10.1. The number of hydrogen-bond acceptors (Lipinski definition) is 3. The minimum absolute atomic E-state index is 0.242. The lowest BCUT2D eigenvalue weighted by Crippen LogP contribution is -1.96. The summed E-state index contributed by atoms with van der Waals surface area (Å²) < 4.78 is 6.23. The van der Waals surface area contributed by atoms with Crippen LogP contribution in [0, 0.1) is 0 Å². The number of pyridine rings is 1. The molecular formula is C12H10BrNO2.